The largest absolute Gasteiger partial charge is 0.469 e. The van der Waals surface area contributed by atoms with Gasteiger partial charge in [0.1, 0.15) is 12.2 Å². The second kappa shape index (κ2) is 5.78. The van der Waals surface area contributed by atoms with Gasteiger partial charge < -0.3 is 4.74 Å². The van der Waals surface area contributed by atoms with Crippen molar-refractivity contribution in [1.82, 2.24) is 4.90 Å². The fourth-order valence-electron chi connectivity index (χ4n) is 2.10. The number of hydrogen-bond acceptors (Lipinski definition) is 4. The van der Waals surface area contributed by atoms with E-state index in [1.807, 2.05) is 18.2 Å². The van der Waals surface area contributed by atoms with E-state index in [0.717, 1.165) is 19.6 Å². The lowest BCUT2D eigenvalue weighted by molar-refractivity contribution is -0.145. The number of ether oxygens (including phenoxy) is 1. The van der Waals surface area contributed by atoms with Crippen LogP contribution >= 0.6 is 0 Å². The highest BCUT2D eigenvalue weighted by Gasteiger charge is 2.33. The van der Waals surface area contributed by atoms with Gasteiger partial charge in [-0.1, -0.05) is 30.3 Å². The zero-order valence-electron chi connectivity index (χ0n) is 10.5. The summed E-state index contributed by atoms with van der Waals surface area (Å²) in [7, 11) is 1.30. The van der Waals surface area contributed by atoms with Crippen molar-refractivity contribution in [2.24, 2.45) is 5.92 Å². The molecule has 0 atom stereocenters. The second-order valence-corrected chi connectivity index (χ2v) is 4.60. The summed E-state index contributed by atoms with van der Waals surface area (Å²) in [4.78, 5) is 24.9. The molecule has 0 aromatic heterocycles. The topological polar surface area (TPSA) is 46.6 Å². The Hall–Kier alpha value is -1.68. The highest BCUT2D eigenvalue weighted by Crippen LogP contribution is 2.20. The molecule has 0 aliphatic carbocycles. The van der Waals surface area contributed by atoms with Crippen molar-refractivity contribution in [3.63, 3.8) is 0 Å². The van der Waals surface area contributed by atoms with Crippen LogP contribution in [0.25, 0.3) is 0 Å². The molecule has 0 radical (unpaired) electrons. The van der Waals surface area contributed by atoms with E-state index in [-0.39, 0.29) is 18.1 Å². The van der Waals surface area contributed by atoms with E-state index in [0.29, 0.717) is 0 Å². The van der Waals surface area contributed by atoms with Gasteiger partial charge in [-0.2, -0.15) is 0 Å². The normalized spacial score (nSPS) is 16.1. The standard InChI is InChI=1S/C14H17NO3/c1-18-14(17)7-13(16)12-9-15(10-12)8-11-5-3-2-4-6-11/h2-6,12H,7-10H2,1H3. The first-order valence-corrected chi connectivity index (χ1v) is 6.05. The van der Waals surface area contributed by atoms with Crippen LogP contribution in [0.3, 0.4) is 0 Å². The van der Waals surface area contributed by atoms with Gasteiger partial charge in [-0.3, -0.25) is 14.5 Å². The van der Waals surface area contributed by atoms with Crippen LogP contribution in [-0.2, 0) is 20.9 Å². The lowest BCUT2D eigenvalue weighted by Gasteiger charge is -2.38. The highest BCUT2D eigenvalue weighted by molar-refractivity contribution is 5.97. The third-order valence-corrected chi connectivity index (χ3v) is 3.21. The number of benzene rings is 1. The van der Waals surface area contributed by atoms with Crippen molar-refractivity contribution in [1.29, 1.82) is 0 Å². The van der Waals surface area contributed by atoms with Crippen LogP contribution in [-0.4, -0.2) is 36.9 Å². The van der Waals surface area contributed by atoms with Crippen molar-refractivity contribution >= 4 is 11.8 Å². The Balaban J connectivity index is 1.74. The van der Waals surface area contributed by atoms with E-state index in [9.17, 15) is 9.59 Å². The Bertz CT molecular complexity index is 424. The minimum absolute atomic E-state index is 0.00666. The zero-order valence-corrected chi connectivity index (χ0v) is 10.5. The molecular weight excluding hydrogens is 230 g/mol. The average molecular weight is 247 g/mol. The van der Waals surface area contributed by atoms with Crippen LogP contribution in [0.4, 0.5) is 0 Å². The molecule has 1 heterocycles. The molecule has 0 spiro atoms. The number of esters is 1. The molecule has 18 heavy (non-hydrogen) atoms. The Morgan fingerprint density at radius 3 is 2.56 bits per heavy atom. The highest BCUT2D eigenvalue weighted by atomic mass is 16.5. The molecule has 1 aromatic carbocycles. The minimum Gasteiger partial charge on any atom is -0.469 e. The first-order valence-electron chi connectivity index (χ1n) is 6.05. The van der Waals surface area contributed by atoms with Crippen molar-refractivity contribution in [3.8, 4) is 0 Å². The van der Waals surface area contributed by atoms with E-state index in [4.69, 9.17) is 0 Å². The Morgan fingerprint density at radius 1 is 1.28 bits per heavy atom. The maximum Gasteiger partial charge on any atom is 0.313 e. The summed E-state index contributed by atoms with van der Waals surface area (Å²) in [6.45, 7) is 2.35. The van der Waals surface area contributed by atoms with Crippen molar-refractivity contribution in [3.05, 3.63) is 35.9 Å². The third-order valence-electron chi connectivity index (χ3n) is 3.21. The van der Waals surface area contributed by atoms with E-state index in [2.05, 4.69) is 21.8 Å². The van der Waals surface area contributed by atoms with Crippen LogP contribution in [0.15, 0.2) is 30.3 Å². The molecule has 1 saturated heterocycles. The smallest absolute Gasteiger partial charge is 0.313 e. The third kappa shape index (κ3) is 3.17. The van der Waals surface area contributed by atoms with Crippen LogP contribution in [0.1, 0.15) is 12.0 Å². The van der Waals surface area contributed by atoms with Gasteiger partial charge in [0.05, 0.1) is 7.11 Å². The van der Waals surface area contributed by atoms with Crippen molar-refractivity contribution in [2.45, 2.75) is 13.0 Å². The number of nitrogens with zero attached hydrogens (tertiary/aromatic N) is 1. The van der Waals surface area contributed by atoms with Gasteiger partial charge in [-0.25, -0.2) is 0 Å². The molecule has 0 saturated carbocycles. The molecule has 1 aliphatic rings. The number of Topliss-reactive ketones (excluding diaryl/α,β-unsaturated/α-hetero) is 1. The quantitative estimate of drug-likeness (QED) is 0.580. The SMILES string of the molecule is COC(=O)CC(=O)C1CN(Cc2ccccc2)C1. The predicted octanol–water partition coefficient (Wildman–Crippen LogP) is 1.25. The molecule has 4 heteroatoms. The van der Waals surface area contributed by atoms with E-state index >= 15 is 0 Å². The molecule has 1 aromatic rings. The molecule has 1 fully saturated rings. The Kier molecular flexibility index (Phi) is 4.10. The number of carbonyl (C=O) groups is 2. The van der Waals surface area contributed by atoms with Gasteiger partial charge in [0.2, 0.25) is 0 Å². The zero-order chi connectivity index (χ0) is 13.0. The number of likely N-dealkylation sites (tertiary alicyclic amines) is 1. The van der Waals surface area contributed by atoms with E-state index < -0.39 is 5.97 Å². The van der Waals surface area contributed by atoms with Gasteiger partial charge in [-0.05, 0) is 5.56 Å². The fraction of sp³-hybridized carbons (Fsp3) is 0.429. The van der Waals surface area contributed by atoms with Crippen LogP contribution < -0.4 is 0 Å². The summed E-state index contributed by atoms with van der Waals surface area (Å²) in [5, 5.41) is 0. The van der Waals surface area contributed by atoms with Gasteiger partial charge in [0.15, 0.2) is 0 Å². The van der Waals surface area contributed by atoms with Gasteiger partial charge in [-0.15, -0.1) is 0 Å². The summed E-state index contributed by atoms with van der Waals surface area (Å²) >= 11 is 0. The molecule has 0 N–H and O–H groups in total. The molecule has 0 amide bonds. The first-order chi connectivity index (χ1) is 8.69. The molecule has 0 unspecified atom stereocenters. The number of carbonyl (C=O) groups excluding carboxylic acids is 2. The van der Waals surface area contributed by atoms with Gasteiger partial charge in [0, 0.05) is 25.6 Å². The molecule has 0 bridgehead atoms. The van der Waals surface area contributed by atoms with Crippen LogP contribution in [0.2, 0.25) is 0 Å². The molecule has 96 valence electrons. The molecule has 2 rings (SSSR count). The summed E-state index contributed by atoms with van der Waals surface area (Å²) in [6, 6.07) is 10.2. The summed E-state index contributed by atoms with van der Waals surface area (Å²) in [6.07, 6.45) is -0.0969. The van der Waals surface area contributed by atoms with Crippen LogP contribution in [0.5, 0.6) is 0 Å². The van der Waals surface area contributed by atoms with E-state index in [1.165, 1.54) is 12.7 Å². The summed E-state index contributed by atoms with van der Waals surface area (Å²) in [5.74, 6) is -0.458. The number of rotatable bonds is 5. The first kappa shape index (κ1) is 12.8. The minimum atomic E-state index is -0.443. The Labute approximate surface area is 107 Å². The fourth-order valence-corrected chi connectivity index (χ4v) is 2.10. The summed E-state index contributed by atoms with van der Waals surface area (Å²) < 4.78 is 4.49. The molecule has 4 nitrogen and oxygen atoms in total. The molecular formula is C14H17NO3. The van der Waals surface area contributed by atoms with Crippen molar-refractivity contribution in [2.75, 3.05) is 20.2 Å². The number of methoxy groups -OCH3 is 1. The number of hydrogen-bond donors (Lipinski definition) is 0. The maximum absolute atomic E-state index is 11.7. The second-order valence-electron chi connectivity index (χ2n) is 4.60. The average Bonchev–Trinajstić information content (AvgIpc) is 2.34. The van der Waals surface area contributed by atoms with E-state index in [1.54, 1.807) is 0 Å². The monoisotopic (exact) mass is 247 g/mol. The lowest BCUT2D eigenvalue weighted by Crippen LogP contribution is -2.49. The molecule has 1 aliphatic heterocycles. The lowest BCUT2D eigenvalue weighted by atomic mass is 9.93. The number of ketones is 1. The summed E-state index contributed by atoms with van der Waals surface area (Å²) in [5.41, 5.74) is 1.25. The predicted molar refractivity (Wildman–Crippen MR) is 66.8 cm³/mol. The van der Waals surface area contributed by atoms with Gasteiger partial charge in [0.25, 0.3) is 0 Å². The van der Waals surface area contributed by atoms with Crippen LogP contribution in [0, 0.1) is 5.92 Å². The maximum atomic E-state index is 11.7. The van der Waals surface area contributed by atoms with Gasteiger partial charge >= 0.3 is 5.97 Å². The Morgan fingerprint density at radius 2 is 1.94 bits per heavy atom. The van der Waals surface area contributed by atoms with Crippen molar-refractivity contribution < 1.29 is 14.3 Å².